The average Bonchev–Trinajstić information content (AvgIpc) is 3.10. The van der Waals surface area contributed by atoms with Crippen LogP contribution in [-0.4, -0.2) is 65.0 Å². The summed E-state index contributed by atoms with van der Waals surface area (Å²) in [6.45, 7) is 4.30. The first-order valence-corrected chi connectivity index (χ1v) is 8.28. The summed E-state index contributed by atoms with van der Waals surface area (Å²) >= 11 is 0. The topological polar surface area (TPSA) is 59.6 Å². The largest absolute Gasteiger partial charge is 0.387 e. The van der Waals surface area contributed by atoms with Gasteiger partial charge in [0.25, 0.3) is 0 Å². The zero-order valence-corrected chi connectivity index (χ0v) is 13.5. The number of nitrogens with one attached hydrogen (secondary N) is 1. The lowest BCUT2D eigenvalue weighted by molar-refractivity contribution is 0.00981. The van der Waals surface area contributed by atoms with Crippen molar-refractivity contribution in [3.05, 3.63) is 35.0 Å². The van der Waals surface area contributed by atoms with E-state index in [4.69, 9.17) is 0 Å². The number of H-pyrrole nitrogens is 1. The Morgan fingerprint density at radius 2 is 2.26 bits per heavy atom. The summed E-state index contributed by atoms with van der Waals surface area (Å²) in [6, 6.07) is 6.17. The Morgan fingerprint density at radius 1 is 1.39 bits per heavy atom. The summed E-state index contributed by atoms with van der Waals surface area (Å²) in [4.78, 5) is 18.7. The van der Waals surface area contributed by atoms with Gasteiger partial charge in [0.2, 0.25) is 0 Å². The number of hydrogen-bond acceptors (Lipinski definition) is 4. The zero-order valence-electron chi connectivity index (χ0n) is 13.5. The molecule has 1 saturated heterocycles. The van der Waals surface area contributed by atoms with Crippen LogP contribution in [0.4, 0.5) is 0 Å². The standard InChI is InChI=1S/C18H23N3O2/c1-20-7-5-18(23,11-20)12-21-6-4-15-13(9-21)2-3-17-16(15)8-14(10-22)19-17/h2-3,8,10,19,23H,4-7,9,11-12H2,1H3. The minimum Gasteiger partial charge on any atom is -0.387 e. The molecule has 0 saturated carbocycles. The van der Waals surface area contributed by atoms with Gasteiger partial charge in [-0.05, 0) is 43.1 Å². The van der Waals surface area contributed by atoms with Gasteiger partial charge in [-0.3, -0.25) is 9.69 Å². The van der Waals surface area contributed by atoms with Crippen molar-refractivity contribution in [1.29, 1.82) is 0 Å². The molecule has 1 atom stereocenters. The second kappa shape index (κ2) is 5.44. The number of likely N-dealkylation sites (N-methyl/N-ethyl adjacent to an activating group) is 1. The van der Waals surface area contributed by atoms with Gasteiger partial charge in [-0.1, -0.05) is 6.07 Å². The number of β-amino-alcohol motifs (C(OH)–C–C–N with tert-alkyl or cyclic N) is 1. The van der Waals surface area contributed by atoms with E-state index < -0.39 is 5.60 Å². The number of carbonyl (C=O) groups is 1. The van der Waals surface area contributed by atoms with E-state index in [1.165, 1.54) is 16.5 Å². The number of rotatable bonds is 3. The second-order valence-corrected chi connectivity index (χ2v) is 7.18. The molecule has 23 heavy (non-hydrogen) atoms. The van der Waals surface area contributed by atoms with Crippen molar-refractivity contribution in [2.75, 3.05) is 33.2 Å². The van der Waals surface area contributed by atoms with Crippen molar-refractivity contribution < 1.29 is 9.90 Å². The van der Waals surface area contributed by atoms with Crippen molar-refractivity contribution in [2.24, 2.45) is 0 Å². The Bertz CT molecular complexity index is 754. The van der Waals surface area contributed by atoms with Crippen molar-refractivity contribution >= 4 is 17.2 Å². The Kier molecular flexibility index (Phi) is 3.52. The van der Waals surface area contributed by atoms with Crippen molar-refractivity contribution in [1.82, 2.24) is 14.8 Å². The maximum Gasteiger partial charge on any atom is 0.166 e. The van der Waals surface area contributed by atoms with E-state index >= 15 is 0 Å². The fourth-order valence-electron chi connectivity index (χ4n) is 4.17. The highest BCUT2D eigenvalue weighted by atomic mass is 16.3. The number of fused-ring (bicyclic) bond motifs is 3. The summed E-state index contributed by atoms with van der Waals surface area (Å²) in [5, 5.41) is 11.9. The number of hydrogen-bond donors (Lipinski definition) is 2. The molecule has 0 radical (unpaired) electrons. The molecule has 2 N–H and O–H groups in total. The first-order valence-electron chi connectivity index (χ1n) is 8.28. The molecule has 1 aromatic carbocycles. The molecule has 0 spiro atoms. The quantitative estimate of drug-likeness (QED) is 0.841. The van der Waals surface area contributed by atoms with Crippen LogP contribution in [0.5, 0.6) is 0 Å². The molecule has 4 rings (SSSR count). The van der Waals surface area contributed by atoms with Crippen LogP contribution in [-0.2, 0) is 13.0 Å². The van der Waals surface area contributed by atoms with Crippen LogP contribution in [0, 0.1) is 0 Å². The number of aromatic amines is 1. The molecule has 0 amide bonds. The number of aldehydes is 1. The van der Waals surface area contributed by atoms with Gasteiger partial charge in [-0.2, -0.15) is 0 Å². The Labute approximate surface area is 135 Å². The fraction of sp³-hybridized carbons (Fsp3) is 0.500. The molecule has 122 valence electrons. The predicted octanol–water partition coefficient (Wildman–Crippen LogP) is 1.41. The molecule has 2 aliphatic rings. The van der Waals surface area contributed by atoms with Gasteiger partial charge in [-0.15, -0.1) is 0 Å². The van der Waals surface area contributed by atoms with Gasteiger partial charge in [0.15, 0.2) is 6.29 Å². The van der Waals surface area contributed by atoms with E-state index in [9.17, 15) is 9.90 Å². The molecular formula is C18H23N3O2. The Balaban J connectivity index is 1.56. The number of aromatic nitrogens is 1. The van der Waals surface area contributed by atoms with E-state index in [0.29, 0.717) is 5.69 Å². The normalized spacial score (nSPS) is 25.8. The monoisotopic (exact) mass is 313 g/mol. The van der Waals surface area contributed by atoms with Crippen LogP contribution in [0.2, 0.25) is 0 Å². The lowest BCUT2D eigenvalue weighted by Gasteiger charge is -2.34. The second-order valence-electron chi connectivity index (χ2n) is 7.18. The van der Waals surface area contributed by atoms with Crippen LogP contribution in [0.3, 0.4) is 0 Å². The molecule has 1 fully saturated rings. The first-order chi connectivity index (χ1) is 11.1. The fourth-order valence-corrected chi connectivity index (χ4v) is 4.17. The number of benzene rings is 1. The number of aliphatic hydroxyl groups is 1. The van der Waals surface area contributed by atoms with Gasteiger partial charge >= 0.3 is 0 Å². The minimum atomic E-state index is -0.574. The first kappa shape index (κ1) is 14.9. The molecule has 5 nitrogen and oxygen atoms in total. The van der Waals surface area contributed by atoms with Crippen LogP contribution in [0.15, 0.2) is 18.2 Å². The van der Waals surface area contributed by atoms with Gasteiger partial charge < -0.3 is 15.0 Å². The third kappa shape index (κ3) is 2.69. The molecule has 2 aliphatic heterocycles. The molecule has 5 heteroatoms. The van der Waals surface area contributed by atoms with Gasteiger partial charge in [0.05, 0.1) is 11.3 Å². The zero-order chi connectivity index (χ0) is 16.0. The van der Waals surface area contributed by atoms with Crippen molar-refractivity contribution in [3.8, 4) is 0 Å². The summed E-state index contributed by atoms with van der Waals surface area (Å²) in [5.74, 6) is 0. The predicted molar refractivity (Wildman–Crippen MR) is 89.7 cm³/mol. The molecule has 2 aromatic rings. The summed E-state index contributed by atoms with van der Waals surface area (Å²) in [5.41, 5.74) is 3.76. The third-order valence-electron chi connectivity index (χ3n) is 5.27. The number of carbonyl (C=O) groups excluding carboxylic acids is 1. The van der Waals surface area contributed by atoms with Gasteiger partial charge in [0, 0.05) is 43.6 Å². The van der Waals surface area contributed by atoms with Gasteiger partial charge in [-0.25, -0.2) is 0 Å². The lowest BCUT2D eigenvalue weighted by Crippen LogP contribution is -2.46. The Morgan fingerprint density at radius 3 is 3.00 bits per heavy atom. The van der Waals surface area contributed by atoms with E-state index in [0.717, 1.165) is 57.4 Å². The minimum absolute atomic E-state index is 0.574. The van der Waals surface area contributed by atoms with E-state index in [1.54, 1.807) is 0 Å². The van der Waals surface area contributed by atoms with Crippen LogP contribution in [0.25, 0.3) is 10.9 Å². The smallest absolute Gasteiger partial charge is 0.166 e. The SMILES string of the molecule is CN1CCC(O)(CN2CCc3c(ccc4[nH]c(C=O)cc34)C2)C1. The van der Waals surface area contributed by atoms with E-state index in [2.05, 4.69) is 34.0 Å². The Hall–Kier alpha value is -1.69. The van der Waals surface area contributed by atoms with Crippen molar-refractivity contribution in [2.45, 2.75) is 25.0 Å². The number of nitrogens with zero attached hydrogens (tertiary/aromatic N) is 2. The highest BCUT2D eigenvalue weighted by molar-refractivity contribution is 5.91. The molecule has 0 aliphatic carbocycles. The number of likely N-dealkylation sites (tertiary alicyclic amines) is 1. The molecule has 3 heterocycles. The van der Waals surface area contributed by atoms with Gasteiger partial charge in [0.1, 0.15) is 0 Å². The summed E-state index contributed by atoms with van der Waals surface area (Å²) in [7, 11) is 2.07. The van der Waals surface area contributed by atoms with E-state index in [1.807, 2.05) is 6.07 Å². The lowest BCUT2D eigenvalue weighted by atomic mass is 9.94. The third-order valence-corrected chi connectivity index (χ3v) is 5.27. The van der Waals surface area contributed by atoms with Crippen LogP contribution >= 0.6 is 0 Å². The molecular weight excluding hydrogens is 290 g/mol. The average molecular weight is 313 g/mol. The molecule has 1 aromatic heterocycles. The molecule has 1 unspecified atom stereocenters. The van der Waals surface area contributed by atoms with E-state index in [-0.39, 0.29) is 0 Å². The maximum atomic E-state index is 11.0. The highest BCUT2D eigenvalue weighted by Gasteiger charge is 2.36. The van der Waals surface area contributed by atoms with Crippen molar-refractivity contribution in [3.63, 3.8) is 0 Å². The highest BCUT2D eigenvalue weighted by Crippen LogP contribution is 2.30. The summed E-state index contributed by atoms with van der Waals surface area (Å²) < 4.78 is 0. The van der Waals surface area contributed by atoms with Crippen LogP contribution < -0.4 is 0 Å². The van der Waals surface area contributed by atoms with Crippen LogP contribution in [0.1, 0.15) is 28.0 Å². The molecule has 0 bridgehead atoms. The summed E-state index contributed by atoms with van der Waals surface area (Å²) in [6.07, 6.45) is 2.69. The maximum absolute atomic E-state index is 11.0.